The topological polar surface area (TPSA) is 47.3 Å². The number of hydrogen-bond acceptors (Lipinski definition) is 3. The van der Waals surface area contributed by atoms with Crippen LogP contribution in [0, 0.1) is 10.8 Å². The van der Waals surface area contributed by atoms with Gasteiger partial charge >= 0.3 is 0 Å². The highest BCUT2D eigenvalue weighted by atomic mass is 16.4. The Balaban J connectivity index is 3.27. The molecule has 1 aliphatic carbocycles. The molecule has 0 fully saturated rings. The number of rotatable bonds is 0. The molecule has 0 spiro atoms. The first-order valence-corrected chi connectivity index (χ1v) is 2.48. The molecule has 0 radical (unpaired) electrons. The summed E-state index contributed by atoms with van der Waals surface area (Å²) in [6.45, 7) is 0. The van der Waals surface area contributed by atoms with Gasteiger partial charge in [-0.15, -0.1) is 0 Å². The normalized spacial score (nSPS) is 11.1. The van der Waals surface area contributed by atoms with Crippen LogP contribution in [0.3, 0.4) is 0 Å². The maximum absolute atomic E-state index is 10.6. The Kier molecular flexibility index (Phi) is 0.563. The van der Waals surface area contributed by atoms with Gasteiger partial charge in [-0.25, -0.2) is 0 Å². The van der Waals surface area contributed by atoms with Gasteiger partial charge in [0, 0.05) is 0 Å². The predicted octanol–water partition coefficient (Wildman–Crippen LogP) is -0.400. The molecule has 44 valence electrons. The smallest absolute Gasteiger partial charge is 0.225 e. The van der Waals surface area contributed by atoms with Gasteiger partial charge in [-0.1, -0.05) is 0 Å². The molecule has 0 aromatic heterocycles. The monoisotopic (exact) mass is 122 g/mol. The van der Waals surface area contributed by atoms with Gasteiger partial charge in [0.25, 0.3) is 0 Å². The van der Waals surface area contributed by atoms with E-state index in [2.05, 4.69) is 4.42 Å². The molecule has 0 saturated carbocycles. The summed E-state index contributed by atoms with van der Waals surface area (Å²) < 4.78 is 4.57. The Morgan fingerprint density at radius 2 is 1.44 bits per heavy atom. The molecule has 9 heavy (non-hydrogen) atoms. The fourth-order valence-electron chi connectivity index (χ4n) is 0.704. The summed E-state index contributed by atoms with van der Waals surface area (Å²) in [5, 5.41) is 0. The largest absolute Gasteiger partial charge is 0.441 e. The van der Waals surface area contributed by atoms with Crippen LogP contribution >= 0.6 is 0 Å². The van der Waals surface area contributed by atoms with Crippen molar-refractivity contribution in [1.29, 1.82) is 0 Å². The van der Waals surface area contributed by atoms with Crippen molar-refractivity contribution in [1.82, 2.24) is 0 Å². The highest BCUT2D eigenvalue weighted by Gasteiger charge is 2.07. The van der Waals surface area contributed by atoms with E-state index in [0.717, 1.165) is 0 Å². The van der Waals surface area contributed by atoms with Crippen LogP contribution in [0.2, 0.25) is 0 Å². The minimum atomic E-state index is -0.204. The summed E-state index contributed by atoms with van der Waals surface area (Å²) in [7, 11) is 0. The Hall–Kier alpha value is -1.38. The molecule has 2 aliphatic rings. The van der Waals surface area contributed by atoms with Crippen LogP contribution in [0.1, 0.15) is 0 Å². The van der Waals surface area contributed by atoms with Gasteiger partial charge < -0.3 is 4.42 Å². The third kappa shape index (κ3) is 0.455. The van der Waals surface area contributed by atoms with E-state index in [1.807, 2.05) is 0 Å². The summed E-state index contributed by atoms with van der Waals surface area (Å²) in [5.41, 5.74) is 0.0409. The highest BCUT2D eigenvalue weighted by molar-refractivity contribution is 5.05. The van der Waals surface area contributed by atoms with Crippen molar-refractivity contribution in [2.45, 2.75) is 0 Å². The quantitative estimate of drug-likeness (QED) is 0.477. The second-order valence-corrected chi connectivity index (χ2v) is 1.82. The molecule has 1 aliphatic heterocycles. The molecule has 0 atom stereocenters. The molecule has 0 unspecified atom stereocenters. The van der Waals surface area contributed by atoms with E-state index in [9.17, 15) is 9.59 Å². The summed E-state index contributed by atoms with van der Waals surface area (Å²) in [6.07, 6.45) is 0. The zero-order chi connectivity index (χ0) is 6.43. The van der Waals surface area contributed by atoms with Crippen LogP contribution in [-0.4, -0.2) is 0 Å². The predicted molar refractivity (Wildman–Crippen MR) is 28.9 cm³/mol. The van der Waals surface area contributed by atoms with Crippen molar-refractivity contribution in [3.8, 4) is 0 Å². The van der Waals surface area contributed by atoms with E-state index in [0.29, 0.717) is 0 Å². The third-order valence-corrected chi connectivity index (χ3v) is 1.20. The van der Waals surface area contributed by atoms with E-state index in [4.69, 9.17) is 0 Å². The first-order chi connectivity index (χ1) is 4.29. The Bertz CT molecular complexity index is 413. The average molecular weight is 122 g/mol. The lowest BCUT2D eigenvalue weighted by Crippen LogP contribution is -2.02. The molecule has 0 aromatic carbocycles. The van der Waals surface area contributed by atoms with Crippen LogP contribution in [0.15, 0.2) is 26.1 Å². The lowest BCUT2D eigenvalue weighted by Gasteiger charge is -1.60. The standard InChI is InChI=1S/C6H2O3/c7-3-1-2-4(8)6-5(3)9-6/h1-2H. The molecule has 1 heterocycles. The second kappa shape index (κ2) is 1.13. The molecule has 0 N–H and O–H groups in total. The summed E-state index contributed by atoms with van der Waals surface area (Å²) >= 11 is 0. The van der Waals surface area contributed by atoms with Gasteiger partial charge in [0.15, 0.2) is 0 Å². The average Bonchev–Trinajstić information content (AvgIpc) is 2.57. The van der Waals surface area contributed by atoms with Gasteiger partial charge in [-0.05, 0) is 12.1 Å². The highest BCUT2D eigenvalue weighted by Crippen LogP contribution is 1.93. The lowest BCUT2D eigenvalue weighted by molar-refractivity contribution is 0.636. The van der Waals surface area contributed by atoms with Crippen molar-refractivity contribution in [3.63, 3.8) is 0 Å². The van der Waals surface area contributed by atoms with E-state index in [-0.39, 0.29) is 21.7 Å². The zero-order valence-corrected chi connectivity index (χ0v) is 4.38. The minimum Gasteiger partial charge on any atom is -0.441 e. The van der Waals surface area contributed by atoms with E-state index in [1.54, 1.807) is 0 Å². The first kappa shape index (κ1) is 4.49. The fraction of sp³-hybridized carbons (Fsp3) is 0. The van der Waals surface area contributed by atoms with Crippen molar-refractivity contribution in [2.75, 3.05) is 0 Å². The second-order valence-electron chi connectivity index (χ2n) is 1.82. The molecule has 3 nitrogen and oxygen atoms in total. The van der Waals surface area contributed by atoms with Crippen molar-refractivity contribution < 1.29 is 4.42 Å². The zero-order valence-electron chi connectivity index (χ0n) is 4.38. The van der Waals surface area contributed by atoms with E-state index in [1.165, 1.54) is 12.1 Å². The maximum atomic E-state index is 10.6. The van der Waals surface area contributed by atoms with Crippen molar-refractivity contribution in [2.24, 2.45) is 0 Å². The van der Waals surface area contributed by atoms with Crippen LogP contribution in [0.5, 0.6) is 0 Å². The summed E-state index contributed by atoms with van der Waals surface area (Å²) in [6, 6.07) is 2.43. The van der Waals surface area contributed by atoms with Crippen LogP contribution in [0.25, 0.3) is 0 Å². The molecular formula is C6H2O3. The van der Waals surface area contributed by atoms with Crippen molar-refractivity contribution in [3.05, 3.63) is 43.4 Å². The van der Waals surface area contributed by atoms with Crippen LogP contribution in [0.4, 0.5) is 0 Å². The molecule has 3 heteroatoms. The van der Waals surface area contributed by atoms with Gasteiger partial charge in [0.1, 0.15) is 0 Å². The van der Waals surface area contributed by atoms with E-state index < -0.39 is 0 Å². The summed E-state index contributed by atoms with van der Waals surface area (Å²) in [4.78, 5) is 21.1. The fourth-order valence-corrected chi connectivity index (χ4v) is 0.704. The third-order valence-electron chi connectivity index (χ3n) is 1.20. The van der Waals surface area contributed by atoms with Crippen LogP contribution < -0.4 is 10.9 Å². The Morgan fingerprint density at radius 1 is 1.00 bits per heavy atom. The first-order valence-electron chi connectivity index (χ1n) is 2.48. The minimum absolute atomic E-state index is 0.204. The molecule has 0 saturated heterocycles. The van der Waals surface area contributed by atoms with Gasteiger partial charge in [-0.3, -0.25) is 9.59 Å². The molecule has 0 amide bonds. The lowest BCUT2D eigenvalue weighted by atomic mass is 10.4. The maximum Gasteiger partial charge on any atom is 0.225 e. The molecule has 0 aromatic rings. The van der Waals surface area contributed by atoms with E-state index >= 15 is 0 Å². The Labute approximate surface area is 48.9 Å². The van der Waals surface area contributed by atoms with Gasteiger partial charge in [0.05, 0.1) is 0 Å². The Morgan fingerprint density at radius 3 is 1.89 bits per heavy atom. The molecular weight excluding hydrogens is 120 g/mol. The van der Waals surface area contributed by atoms with Crippen LogP contribution in [-0.2, 0) is 0 Å². The van der Waals surface area contributed by atoms with Crippen molar-refractivity contribution >= 4 is 0 Å². The number of hydrogen-bond donors (Lipinski definition) is 0. The molecule has 2 rings (SSSR count). The summed E-state index contributed by atoms with van der Waals surface area (Å²) in [5.74, 6) is 0. The SMILES string of the molecule is O=c1ccc(=O)c2oc1=2. The van der Waals surface area contributed by atoms with Gasteiger partial charge in [0.2, 0.25) is 21.7 Å². The molecule has 0 bridgehead atoms. The van der Waals surface area contributed by atoms with Gasteiger partial charge in [-0.2, -0.15) is 0 Å².